The number of hydrogen-bond acceptors (Lipinski definition) is 8. The van der Waals surface area contributed by atoms with Crippen molar-refractivity contribution in [2.45, 2.75) is 31.7 Å². The van der Waals surface area contributed by atoms with E-state index in [1.165, 1.54) is 0 Å². The third-order valence-corrected chi connectivity index (χ3v) is 8.26. The molecule has 1 aromatic heterocycles. The number of amides is 2. The van der Waals surface area contributed by atoms with Gasteiger partial charge in [0.1, 0.15) is 5.69 Å². The molecule has 3 aliphatic heterocycles. The molecule has 0 saturated carbocycles. The molecule has 4 heterocycles. The number of anilines is 4. The molecule has 1 aliphatic carbocycles. The Labute approximate surface area is 229 Å². The van der Waals surface area contributed by atoms with Gasteiger partial charge >= 0.3 is 0 Å². The number of hydrogen-bond donors (Lipinski definition) is 2. The Morgan fingerprint density at radius 2 is 1.69 bits per heavy atom. The predicted molar refractivity (Wildman–Crippen MR) is 152 cm³/mol. The number of benzene rings is 1. The zero-order valence-electron chi connectivity index (χ0n) is 22.7. The maximum atomic E-state index is 13.2. The van der Waals surface area contributed by atoms with E-state index in [4.69, 9.17) is 4.98 Å². The van der Waals surface area contributed by atoms with Crippen molar-refractivity contribution in [2.75, 3.05) is 68.5 Å². The van der Waals surface area contributed by atoms with Crippen LogP contribution >= 0.6 is 0 Å². The first-order chi connectivity index (χ1) is 19.0. The van der Waals surface area contributed by atoms with E-state index in [0.29, 0.717) is 34.6 Å². The van der Waals surface area contributed by atoms with Gasteiger partial charge in [-0.2, -0.15) is 4.98 Å². The van der Waals surface area contributed by atoms with Crippen LogP contribution in [0.4, 0.5) is 23.1 Å². The van der Waals surface area contributed by atoms with Crippen LogP contribution in [0.3, 0.4) is 0 Å². The molecule has 1 aromatic carbocycles. The number of likely N-dealkylation sites (N-methyl/N-ethyl adjacent to an activating group) is 2. The topological polar surface area (TPSA) is 96.9 Å². The minimum atomic E-state index is -0.0517. The molecule has 0 bridgehead atoms. The van der Waals surface area contributed by atoms with E-state index >= 15 is 0 Å². The molecule has 2 N–H and O–H groups in total. The molecule has 0 atom stereocenters. The molecular formula is C29H36N8O2. The number of piperidine rings is 1. The second-order valence-corrected chi connectivity index (χ2v) is 10.6. The van der Waals surface area contributed by atoms with Crippen LogP contribution in [0.5, 0.6) is 0 Å². The van der Waals surface area contributed by atoms with Crippen LogP contribution in [0.25, 0.3) is 0 Å². The van der Waals surface area contributed by atoms with Crippen molar-refractivity contribution in [3.05, 3.63) is 59.4 Å². The van der Waals surface area contributed by atoms with Crippen LogP contribution < -0.4 is 20.4 Å². The van der Waals surface area contributed by atoms with Crippen molar-refractivity contribution < 1.29 is 9.59 Å². The zero-order chi connectivity index (χ0) is 26.9. The van der Waals surface area contributed by atoms with Gasteiger partial charge in [0, 0.05) is 70.7 Å². The summed E-state index contributed by atoms with van der Waals surface area (Å²) in [6.45, 7) is 5.91. The maximum absolute atomic E-state index is 13.2. The van der Waals surface area contributed by atoms with E-state index in [1.54, 1.807) is 18.1 Å². The fraction of sp³-hybridized carbons (Fsp3) is 0.448. The number of rotatable bonds is 4. The molecule has 0 unspecified atom stereocenters. The van der Waals surface area contributed by atoms with E-state index in [2.05, 4.69) is 26.6 Å². The summed E-state index contributed by atoms with van der Waals surface area (Å²) < 4.78 is 0. The van der Waals surface area contributed by atoms with Gasteiger partial charge in [-0.05, 0) is 49.9 Å². The lowest BCUT2D eigenvalue weighted by atomic mass is 10.0. The molecule has 2 aromatic rings. The third kappa shape index (κ3) is 5.02. The SMILES string of the molecule is CN1C(=O)C2=CCCC=C2N(C)c2nc(Nc3ccc(C(=O)N4CCC(N5CCNCC5)CC4)cc3)ncc21. The Bertz CT molecular complexity index is 1310. The smallest absolute Gasteiger partial charge is 0.259 e. The van der Waals surface area contributed by atoms with Crippen molar-refractivity contribution in [3.8, 4) is 0 Å². The molecule has 2 saturated heterocycles. The number of nitrogens with one attached hydrogen (secondary N) is 2. The van der Waals surface area contributed by atoms with Crippen molar-refractivity contribution in [1.29, 1.82) is 0 Å². The molecule has 0 spiro atoms. The van der Waals surface area contributed by atoms with Crippen LogP contribution in [-0.4, -0.2) is 91.0 Å². The summed E-state index contributed by atoms with van der Waals surface area (Å²) in [6.07, 6.45) is 9.59. The molecule has 204 valence electrons. The first kappa shape index (κ1) is 25.5. The van der Waals surface area contributed by atoms with Crippen molar-refractivity contribution in [1.82, 2.24) is 25.1 Å². The highest BCUT2D eigenvalue weighted by Gasteiger charge is 2.32. The number of carbonyl (C=O) groups excluding carboxylic acids is 2. The molecule has 4 aliphatic rings. The highest BCUT2D eigenvalue weighted by Crippen LogP contribution is 2.37. The lowest BCUT2D eigenvalue weighted by Gasteiger charge is -2.40. The van der Waals surface area contributed by atoms with Crippen LogP contribution in [0.15, 0.2) is 53.9 Å². The number of piperazine rings is 1. The van der Waals surface area contributed by atoms with Gasteiger partial charge in [-0.15, -0.1) is 0 Å². The molecule has 10 heteroatoms. The number of fused-ring (bicyclic) bond motifs is 2. The summed E-state index contributed by atoms with van der Waals surface area (Å²) in [5.74, 6) is 1.12. The number of allylic oxidation sites excluding steroid dienone is 2. The molecule has 10 nitrogen and oxygen atoms in total. The van der Waals surface area contributed by atoms with Gasteiger partial charge in [-0.25, -0.2) is 4.98 Å². The fourth-order valence-corrected chi connectivity index (χ4v) is 5.98. The minimum absolute atomic E-state index is 0.0517. The van der Waals surface area contributed by atoms with E-state index in [-0.39, 0.29) is 11.8 Å². The zero-order valence-corrected chi connectivity index (χ0v) is 22.7. The van der Waals surface area contributed by atoms with Gasteiger partial charge < -0.3 is 25.3 Å². The average Bonchev–Trinajstić information content (AvgIpc) is 3.07. The second kappa shape index (κ2) is 10.8. The summed E-state index contributed by atoms with van der Waals surface area (Å²) in [6, 6.07) is 8.08. The quantitative estimate of drug-likeness (QED) is 0.626. The first-order valence-corrected chi connectivity index (χ1v) is 13.9. The number of nitrogens with zero attached hydrogens (tertiary/aromatic N) is 6. The van der Waals surface area contributed by atoms with Gasteiger partial charge in [0.2, 0.25) is 5.95 Å². The Morgan fingerprint density at radius 3 is 2.44 bits per heavy atom. The molecule has 2 amide bonds. The summed E-state index contributed by atoms with van der Waals surface area (Å²) in [5.41, 5.74) is 3.72. The highest BCUT2D eigenvalue weighted by molar-refractivity contribution is 6.12. The average molecular weight is 529 g/mol. The number of aromatic nitrogens is 2. The molecule has 0 radical (unpaired) electrons. The number of carbonyl (C=O) groups is 2. The first-order valence-electron chi connectivity index (χ1n) is 13.9. The van der Waals surface area contributed by atoms with Crippen LogP contribution in [0.1, 0.15) is 36.0 Å². The third-order valence-electron chi connectivity index (χ3n) is 8.26. The Hall–Kier alpha value is -3.76. The Kier molecular flexibility index (Phi) is 7.05. The van der Waals surface area contributed by atoms with Gasteiger partial charge in [-0.3, -0.25) is 14.5 Å². The van der Waals surface area contributed by atoms with Gasteiger partial charge in [0.25, 0.3) is 11.8 Å². The Balaban J connectivity index is 1.12. The number of likely N-dealkylation sites (tertiary alicyclic amines) is 1. The van der Waals surface area contributed by atoms with Crippen LogP contribution in [0, 0.1) is 0 Å². The molecule has 6 rings (SSSR count). The molecular weight excluding hydrogens is 492 g/mol. The van der Waals surface area contributed by atoms with E-state index < -0.39 is 0 Å². The van der Waals surface area contributed by atoms with Crippen LogP contribution in [0.2, 0.25) is 0 Å². The van der Waals surface area contributed by atoms with E-state index in [0.717, 1.165) is 76.3 Å². The summed E-state index contributed by atoms with van der Waals surface area (Å²) >= 11 is 0. The molecule has 39 heavy (non-hydrogen) atoms. The maximum Gasteiger partial charge on any atom is 0.259 e. The van der Waals surface area contributed by atoms with Gasteiger partial charge in [0.15, 0.2) is 5.82 Å². The standard InChI is InChI=1S/C29H36N8O2/c1-34-24-6-4-3-5-23(24)28(39)35(2)25-19-31-29(33-26(25)34)32-21-9-7-20(8-10-21)27(38)37-15-11-22(12-16-37)36-17-13-30-14-18-36/h5-10,19,22,30H,3-4,11-18H2,1-2H3,(H,31,32,33). The van der Waals surface area contributed by atoms with Crippen molar-refractivity contribution in [2.24, 2.45) is 0 Å². The minimum Gasteiger partial charge on any atom is -0.339 e. The van der Waals surface area contributed by atoms with Crippen LogP contribution in [-0.2, 0) is 4.79 Å². The van der Waals surface area contributed by atoms with Crippen molar-refractivity contribution >= 4 is 35.0 Å². The van der Waals surface area contributed by atoms with Gasteiger partial charge in [-0.1, -0.05) is 12.2 Å². The highest BCUT2D eigenvalue weighted by atomic mass is 16.2. The van der Waals surface area contributed by atoms with Gasteiger partial charge in [0.05, 0.1) is 17.5 Å². The monoisotopic (exact) mass is 528 g/mol. The largest absolute Gasteiger partial charge is 0.339 e. The lowest BCUT2D eigenvalue weighted by molar-refractivity contribution is -0.114. The summed E-state index contributed by atoms with van der Waals surface area (Å²) in [5, 5.41) is 6.67. The lowest BCUT2D eigenvalue weighted by Crippen LogP contribution is -2.52. The van der Waals surface area contributed by atoms with Crippen molar-refractivity contribution in [3.63, 3.8) is 0 Å². The fourth-order valence-electron chi connectivity index (χ4n) is 5.98. The predicted octanol–water partition coefficient (Wildman–Crippen LogP) is 2.75. The van der Waals surface area contributed by atoms with E-state index in [9.17, 15) is 9.59 Å². The second-order valence-electron chi connectivity index (χ2n) is 10.6. The summed E-state index contributed by atoms with van der Waals surface area (Å²) in [4.78, 5) is 43.6. The normalized spacial score (nSPS) is 20.6. The Morgan fingerprint density at radius 1 is 0.974 bits per heavy atom. The summed E-state index contributed by atoms with van der Waals surface area (Å²) in [7, 11) is 3.69. The molecule has 2 fully saturated rings. The van der Waals surface area contributed by atoms with E-state index in [1.807, 2.05) is 47.2 Å².